The van der Waals surface area contributed by atoms with Crippen LogP contribution in [0.2, 0.25) is 0 Å². The fourth-order valence-electron chi connectivity index (χ4n) is 3.02. The highest BCUT2D eigenvalue weighted by Crippen LogP contribution is 2.47. The zero-order valence-electron chi connectivity index (χ0n) is 10.5. The maximum atomic E-state index is 10.6. The lowest BCUT2D eigenvalue weighted by atomic mass is 9.65. The molecule has 1 N–H and O–H groups in total. The summed E-state index contributed by atoms with van der Waals surface area (Å²) in [4.78, 5) is 1.27. The van der Waals surface area contributed by atoms with E-state index in [1.54, 1.807) is 11.3 Å². The molecule has 1 aliphatic rings. The van der Waals surface area contributed by atoms with Gasteiger partial charge in [0.1, 0.15) is 0 Å². The molecule has 2 atom stereocenters. The van der Waals surface area contributed by atoms with E-state index in [0.29, 0.717) is 5.92 Å². The summed E-state index contributed by atoms with van der Waals surface area (Å²) in [7, 11) is 0. The first kappa shape index (κ1) is 12.1. The molecule has 0 bridgehead atoms. The van der Waals surface area contributed by atoms with E-state index in [2.05, 4.69) is 32.2 Å². The van der Waals surface area contributed by atoms with Crippen LogP contribution in [0.5, 0.6) is 0 Å². The van der Waals surface area contributed by atoms with E-state index in [0.717, 1.165) is 5.56 Å². The summed E-state index contributed by atoms with van der Waals surface area (Å²) in [6, 6.07) is 2.09. The summed E-state index contributed by atoms with van der Waals surface area (Å²) in [6.07, 6.45) is 4.75. The molecule has 1 aromatic heterocycles. The van der Waals surface area contributed by atoms with E-state index in [-0.39, 0.29) is 11.5 Å². The van der Waals surface area contributed by atoms with E-state index in [4.69, 9.17) is 0 Å². The standard InChI is InChI=1S/C14H22OS/c1-10-11(7-9-16-10)13(15)12-6-4-5-8-14(12,2)3/h7,9,12-13,15H,4-6,8H2,1-3H3. The van der Waals surface area contributed by atoms with Gasteiger partial charge >= 0.3 is 0 Å². The second-order valence-corrected chi connectivity index (χ2v) is 6.84. The van der Waals surface area contributed by atoms with Crippen LogP contribution in [-0.4, -0.2) is 5.11 Å². The first-order chi connectivity index (χ1) is 7.52. The van der Waals surface area contributed by atoms with Crippen molar-refractivity contribution in [2.75, 3.05) is 0 Å². The van der Waals surface area contributed by atoms with Gasteiger partial charge in [0.15, 0.2) is 0 Å². The third-order valence-electron chi connectivity index (χ3n) is 4.19. The van der Waals surface area contributed by atoms with Crippen LogP contribution >= 0.6 is 11.3 Å². The molecule has 2 heteroatoms. The van der Waals surface area contributed by atoms with Gasteiger partial charge in [-0.05, 0) is 48.1 Å². The molecule has 0 radical (unpaired) electrons. The normalized spacial score (nSPS) is 26.6. The molecule has 2 unspecified atom stereocenters. The highest BCUT2D eigenvalue weighted by Gasteiger charge is 2.37. The van der Waals surface area contributed by atoms with Crippen molar-refractivity contribution in [3.63, 3.8) is 0 Å². The minimum absolute atomic E-state index is 0.262. The fourth-order valence-corrected chi connectivity index (χ4v) is 3.77. The molecule has 90 valence electrons. The second-order valence-electron chi connectivity index (χ2n) is 5.72. The Hall–Kier alpha value is -0.340. The Balaban J connectivity index is 2.20. The minimum atomic E-state index is -0.262. The molecule has 0 saturated heterocycles. The SMILES string of the molecule is Cc1sccc1C(O)C1CCCCC1(C)C. The van der Waals surface area contributed by atoms with Crippen molar-refractivity contribution < 1.29 is 5.11 Å². The minimum Gasteiger partial charge on any atom is -0.388 e. The zero-order chi connectivity index (χ0) is 11.8. The zero-order valence-corrected chi connectivity index (χ0v) is 11.3. The third kappa shape index (κ3) is 2.18. The van der Waals surface area contributed by atoms with Crippen molar-refractivity contribution in [3.8, 4) is 0 Å². The van der Waals surface area contributed by atoms with Crippen LogP contribution in [0.1, 0.15) is 56.1 Å². The topological polar surface area (TPSA) is 20.2 Å². The first-order valence-corrected chi connectivity index (χ1v) is 7.12. The molecule has 1 nitrogen and oxygen atoms in total. The Morgan fingerprint density at radius 1 is 1.44 bits per heavy atom. The molecule has 0 spiro atoms. The van der Waals surface area contributed by atoms with Gasteiger partial charge in [0.25, 0.3) is 0 Å². The van der Waals surface area contributed by atoms with E-state index < -0.39 is 0 Å². The number of thiophene rings is 1. The number of rotatable bonds is 2. The fraction of sp³-hybridized carbons (Fsp3) is 0.714. The lowest BCUT2D eigenvalue weighted by molar-refractivity contribution is 0.00380. The third-order valence-corrected chi connectivity index (χ3v) is 5.05. The van der Waals surface area contributed by atoms with Crippen LogP contribution in [0, 0.1) is 18.3 Å². The van der Waals surface area contributed by atoms with Crippen molar-refractivity contribution in [3.05, 3.63) is 21.9 Å². The lowest BCUT2D eigenvalue weighted by Gasteiger charge is -2.41. The van der Waals surface area contributed by atoms with Crippen LogP contribution in [-0.2, 0) is 0 Å². The van der Waals surface area contributed by atoms with Crippen LogP contribution < -0.4 is 0 Å². The highest BCUT2D eigenvalue weighted by atomic mass is 32.1. The molecule has 0 aromatic carbocycles. The number of aryl methyl sites for hydroxylation is 1. The van der Waals surface area contributed by atoms with E-state index in [9.17, 15) is 5.11 Å². The van der Waals surface area contributed by atoms with Crippen molar-refractivity contribution >= 4 is 11.3 Å². The number of aliphatic hydroxyl groups is 1. The predicted octanol–water partition coefficient (Wildman–Crippen LogP) is 4.31. The first-order valence-electron chi connectivity index (χ1n) is 6.24. The van der Waals surface area contributed by atoms with Gasteiger partial charge in [-0.15, -0.1) is 11.3 Å². The molecule has 1 fully saturated rings. The maximum absolute atomic E-state index is 10.6. The number of hydrogen-bond donors (Lipinski definition) is 1. The molecular weight excluding hydrogens is 216 g/mol. The molecule has 16 heavy (non-hydrogen) atoms. The van der Waals surface area contributed by atoms with Crippen LogP contribution in [0.25, 0.3) is 0 Å². The number of aliphatic hydroxyl groups excluding tert-OH is 1. The predicted molar refractivity (Wildman–Crippen MR) is 69.8 cm³/mol. The molecule has 1 aromatic rings. The van der Waals surface area contributed by atoms with Crippen molar-refractivity contribution in [1.29, 1.82) is 0 Å². The van der Waals surface area contributed by atoms with Gasteiger partial charge in [-0.1, -0.05) is 26.7 Å². The van der Waals surface area contributed by atoms with E-state index in [1.165, 1.54) is 30.6 Å². The van der Waals surface area contributed by atoms with Crippen molar-refractivity contribution in [1.82, 2.24) is 0 Å². The van der Waals surface area contributed by atoms with Gasteiger partial charge in [-0.2, -0.15) is 0 Å². The van der Waals surface area contributed by atoms with Crippen LogP contribution in [0.3, 0.4) is 0 Å². The quantitative estimate of drug-likeness (QED) is 0.814. The summed E-state index contributed by atoms with van der Waals surface area (Å²) in [5.41, 5.74) is 1.44. The monoisotopic (exact) mass is 238 g/mol. The summed E-state index contributed by atoms with van der Waals surface area (Å²) >= 11 is 1.74. The Kier molecular flexibility index (Phi) is 3.41. The Morgan fingerprint density at radius 2 is 2.19 bits per heavy atom. The largest absolute Gasteiger partial charge is 0.388 e. The molecule has 0 amide bonds. The van der Waals surface area contributed by atoms with Gasteiger partial charge in [0.05, 0.1) is 6.10 Å². The average Bonchev–Trinajstić information content (AvgIpc) is 2.63. The van der Waals surface area contributed by atoms with Crippen LogP contribution in [0.4, 0.5) is 0 Å². The summed E-state index contributed by atoms with van der Waals surface area (Å²) < 4.78 is 0. The van der Waals surface area contributed by atoms with Gasteiger partial charge in [-0.25, -0.2) is 0 Å². The second kappa shape index (κ2) is 4.50. The molecule has 2 rings (SSSR count). The van der Waals surface area contributed by atoms with Gasteiger partial charge in [0.2, 0.25) is 0 Å². The smallest absolute Gasteiger partial charge is 0.0833 e. The lowest BCUT2D eigenvalue weighted by Crippen LogP contribution is -2.32. The Morgan fingerprint density at radius 3 is 2.75 bits per heavy atom. The molecule has 0 aliphatic heterocycles. The number of hydrogen-bond acceptors (Lipinski definition) is 2. The van der Waals surface area contributed by atoms with Gasteiger partial charge < -0.3 is 5.11 Å². The van der Waals surface area contributed by atoms with Crippen molar-refractivity contribution in [2.24, 2.45) is 11.3 Å². The Bertz CT molecular complexity index is 353. The summed E-state index contributed by atoms with van der Waals surface area (Å²) in [5, 5.41) is 12.6. The van der Waals surface area contributed by atoms with Crippen molar-refractivity contribution in [2.45, 2.75) is 52.6 Å². The molecular formula is C14H22OS. The van der Waals surface area contributed by atoms with Gasteiger partial charge in [0, 0.05) is 4.88 Å². The van der Waals surface area contributed by atoms with E-state index >= 15 is 0 Å². The molecule has 1 aliphatic carbocycles. The van der Waals surface area contributed by atoms with E-state index in [1.807, 2.05) is 0 Å². The maximum Gasteiger partial charge on any atom is 0.0833 e. The molecule has 1 heterocycles. The highest BCUT2D eigenvalue weighted by molar-refractivity contribution is 7.10. The average molecular weight is 238 g/mol. The van der Waals surface area contributed by atoms with Gasteiger partial charge in [-0.3, -0.25) is 0 Å². The van der Waals surface area contributed by atoms with Crippen LogP contribution in [0.15, 0.2) is 11.4 Å². The summed E-state index contributed by atoms with van der Waals surface area (Å²) in [6.45, 7) is 6.72. The Labute approximate surface area is 103 Å². The molecule has 1 saturated carbocycles. The summed E-state index contributed by atoms with van der Waals surface area (Å²) in [5.74, 6) is 0.426.